The van der Waals surface area contributed by atoms with Crippen LogP contribution in [-0.2, 0) is 23.0 Å². The van der Waals surface area contributed by atoms with Crippen LogP contribution in [0, 0.1) is 0 Å². The fourth-order valence-corrected chi connectivity index (χ4v) is 5.00. The van der Waals surface area contributed by atoms with E-state index in [1.165, 1.54) is 10.6 Å². The van der Waals surface area contributed by atoms with Crippen molar-refractivity contribution in [1.29, 1.82) is 0 Å². The molecule has 0 radical (unpaired) electrons. The van der Waals surface area contributed by atoms with Crippen molar-refractivity contribution in [3.8, 4) is 11.5 Å². The van der Waals surface area contributed by atoms with E-state index in [9.17, 15) is 13.2 Å². The summed E-state index contributed by atoms with van der Waals surface area (Å²) in [5.41, 5.74) is 2.80. The maximum atomic E-state index is 12.7. The van der Waals surface area contributed by atoms with Crippen molar-refractivity contribution in [2.24, 2.45) is 0 Å². The van der Waals surface area contributed by atoms with Crippen molar-refractivity contribution in [2.45, 2.75) is 25.8 Å². The van der Waals surface area contributed by atoms with Crippen molar-refractivity contribution in [2.75, 3.05) is 30.3 Å². The number of rotatable bonds is 4. The standard InChI is InChI=1S/C21H23ClN2O5S/c1-30(26,27)24-7-2-4-15-12-16(5-6-18(15)24)21(25)23-13-14-10-17(22)20-19(11-14)28-8-3-9-29-20/h5-6,10-12H,2-4,7-9,13H2,1H3,(H,23,25). The summed E-state index contributed by atoms with van der Waals surface area (Å²) in [4.78, 5) is 12.7. The lowest BCUT2D eigenvalue weighted by Crippen LogP contribution is -2.34. The van der Waals surface area contributed by atoms with E-state index >= 15 is 0 Å². The first-order chi connectivity index (χ1) is 14.3. The Kier molecular flexibility index (Phi) is 5.79. The molecule has 0 aliphatic carbocycles. The van der Waals surface area contributed by atoms with Gasteiger partial charge in [0, 0.05) is 25.1 Å². The molecule has 4 rings (SSSR count). The quantitative estimate of drug-likeness (QED) is 0.773. The highest BCUT2D eigenvalue weighted by atomic mass is 35.5. The van der Waals surface area contributed by atoms with Crippen LogP contribution in [0.5, 0.6) is 11.5 Å². The van der Waals surface area contributed by atoms with Crippen LogP contribution in [0.15, 0.2) is 30.3 Å². The number of anilines is 1. The average Bonchev–Trinajstić information content (AvgIpc) is 2.96. The highest BCUT2D eigenvalue weighted by Gasteiger charge is 2.24. The summed E-state index contributed by atoms with van der Waals surface area (Å²) >= 11 is 6.31. The van der Waals surface area contributed by atoms with Crippen LogP contribution in [0.3, 0.4) is 0 Å². The lowest BCUT2D eigenvalue weighted by Gasteiger charge is -2.29. The molecule has 0 fully saturated rings. The molecule has 2 aliphatic heterocycles. The number of amides is 1. The highest BCUT2D eigenvalue weighted by molar-refractivity contribution is 7.92. The molecule has 7 nitrogen and oxygen atoms in total. The molecule has 0 bridgehead atoms. The highest BCUT2D eigenvalue weighted by Crippen LogP contribution is 2.38. The lowest BCUT2D eigenvalue weighted by molar-refractivity contribution is 0.0950. The number of carbonyl (C=O) groups is 1. The zero-order valence-corrected chi connectivity index (χ0v) is 18.2. The summed E-state index contributed by atoms with van der Waals surface area (Å²) < 4.78 is 36.7. The molecule has 30 heavy (non-hydrogen) atoms. The molecular weight excluding hydrogens is 428 g/mol. The fraction of sp³-hybridized carbons (Fsp3) is 0.381. The van der Waals surface area contributed by atoms with Crippen LogP contribution >= 0.6 is 11.6 Å². The summed E-state index contributed by atoms with van der Waals surface area (Å²) in [6, 6.07) is 8.70. The normalized spacial score (nSPS) is 15.9. The van der Waals surface area contributed by atoms with Gasteiger partial charge in [0.05, 0.1) is 30.2 Å². The maximum absolute atomic E-state index is 12.7. The van der Waals surface area contributed by atoms with E-state index in [1.807, 2.05) is 6.07 Å². The summed E-state index contributed by atoms with van der Waals surface area (Å²) in [6.07, 6.45) is 3.44. The minimum atomic E-state index is -3.33. The summed E-state index contributed by atoms with van der Waals surface area (Å²) in [6.45, 7) is 1.85. The topological polar surface area (TPSA) is 84.9 Å². The fourth-order valence-electron chi connectivity index (χ4n) is 3.72. The van der Waals surface area contributed by atoms with Gasteiger partial charge in [-0.25, -0.2) is 8.42 Å². The van der Waals surface area contributed by atoms with Crippen LogP contribution in [0.2, 0.25) is 5.02 Å². The first-order valence-corrected chi connectivity index (χ1v) is 12.0. The second-order valence-corrected chi connectivity index (χ2v) is 9.73. The number of carbonyl (C=O) groups excluding carboxylic acids is 1. The van der Waals surface area contributed by atoms with E-state index in [4.69, 9.17) is 21.1 Å². The van der Waals surface area contributed by atoms with E-state index in [0.717, 1.165) is 30.4 Å². The largest absolute Gasteiger partial charge is 0.489 e. The predicted octanol–water partition coefficient (Wildman–Crippen LogP) is 3.14. The zero-order chi connectivity index (χ0) is 21.3. The minimum Gasteiger partial charge on any atom is -0.489 e. The van der Waals surface area contributed by atoms with Gasteiger partial charge in [0.2, 0.25) is 10.0 Å². The summed E-state index contributed by atoms with van der Waals surface area (Å²) in [5, 5.41) is 3.34. The van der Waals surface area contributed by atoms with E-state index in [2.05, 4.69) is 5.32 Å². The number of fused-ring (bicyclic) bond motifs is 2. The van der Waals surface area contributed by atoms with Gasteiger partial charge in [0.1, 0.15) is 0 Å². The molecule has 0 unspecified atom stereocenters. The number of ether oxygens (including phenoxy) is 2. The Hall–Kier alpha value is -2.45. The smallest absolute Gasteiger partial charge is 0.251 e. The molecule has 0 saturated carbocycles. The van der Waals surface area contributed by atoms with Gasteiger partial charge in [-0.15, -0.1) is 0 Å². The Morgan fingerprint density at radius 1 is 1.17 bits per heavy atom. The maximum Gasteiger partial charge on any atom is 0.251 e. The molecular formula is C21H23ClN2O5S. The first kappa shape index (κ1) is 20.8. The number of sulfonamides is 1. The van der Waals surface area contributed by atoms with Gasteiger partial charge in [0.15, 0.2) is 11.5 Å². The van der Waals surface area contributed by atoms with Gasteiger partial charge >= 0.3 is 0 Å². The molecule has 2 heterocycles. The molecule has 0 aromatic heterocycles. The molecule has 2 aromatic rings. The summed E-state index contributed by atoms with van der Waals surface area (Å²) in [7, 11) is -3.33. The van der Waals surface area contributed by atoms with Crippen molar-refractivity contribution in [3.63, 3.8) is 0 Å². The first-order valence-electron chi connectivity index (χ1n) is 9.80. The van der Waals surface area contributed by atoms with Crippen LogP contribution in [0.4, 0.5) is 5.69 Å². The third-order valence-corrected chi connectivity index (χ3v) is 6.59. The van der Waals surface area contributed by atoms with E-state index in [0.29, 0.717) is 47.5 Å². The van der Waals surface area contributed by atoms with Crippen LogP contribution in [0.25, 0.3) is 0 Å². The molecule has 9 heteroatoms. The van der Waals surface area contributed by atoms with Gasteiger partial charge in [-0.3, -0.25) is 9.10 Å². The second-order valence-electron chi connectivity index (χ2n) is 7.42. The minimum absolute atomic E-state index is 0.238. The van der Waals surface area contributed by atoms with Crippen molar-refractivity contribution >= 4 is 33.2 Å². The van der Waals surface area contributed by atoms with E-state index in [1.54, 1.807) is 24.3 Å². The molecule has 2 aliphatic rings. The van der Waals surface area contributed by atoms with Crippen molar-refractivity contribution in [3.05, 3.63) is 52.0 Å². The van der Waals surface area contributed by atoms with E-state index < -0.39 is 10.0 Å². The van der Waals surface area contributed by atoms with Gasteiger partial charge in [-0.1, -0.05) is 11.6 Å². The summed E-state index contributed by atoms with van der Waals surface area (Å²) in [5.74, 6) is 0.880. The predicted molar refractivity (Wildman–Crippen MR) is 115 cm³/mol. The molecule has 0 spiro atoms. The monoisotopic (exact) mass is 450 g/mol. The molecule has 1 amide bonds. The Balaban J connectivity index is 1.49. The van der Waals surface area contributed by atoms with Crippen LogP contribution in [-0.4, -0.2) is 40.3 Å². The van der Waals surface area contributed by atoms with Gasteiger partial charge in [-0.2, -0.15) is 0 Å². The molecule has 160 valence electrons. The number of hydrogen-bond donors (Lipinski definition) is 1. The van der Waals surface area contributed by atoms with Gasteiger partial charge in [-0.05, 0) is 54.3 Å². The Labute approximate surface area is 181 Å². The van der Waals surface area contributed by atoms with Crippen molar-refractivity contribution in [1.82, 2.24) is 5.32 Å². The molecule has 2 aromatic carbocycles. The number of hydrogen-bond acceptors (Lipinski definition) is 5. The van der Waals surface area contributed by atoms with Gasteiger partial charge in [0.25, 0.3) is 5.91 Å². The number of benzene rings is 2. The number of aryl methyl sites for hydroxylation is 1. The third kappa shape index (κ3) is 4.34. The zero-order valence-electron chi connectivity index (χ0n) is 16.6. The molecule has 0 saturated heterocycles. The SMILES string of the molecule is CS(=O)(=O)N1CCCc2cc(C(=O)NCc3cc(Cl)c4c(c3)OCCCO4)ccc21. The van der Waals surface area contributed by atoms with Crippen LogP contribution < -0.4 is 19.1 Å². The Bertz CT molecular complexity index is 1090. The Morgan fingerprint density at radius 3 is 2.77 bits per heavy atom. The van der Waals surface area contributed by atoms with Crippen LogP contribution in [0.1, 0.15) is 34.3 Å². The lowest BCUT2D eigenvalue weighted by atomic mass is 10.0. The number of nitrogens with zero attached hydrogens (tertiary/aromatic N) is 1. The number of nitrogens with one attached hydrogen (secondary N) is 1. The van der Waals surface area contributed by atoms with Crippen molar-refractivity contribution < 1.29 is 22.7 Å². The third-order valence-electron chi connectivity index (χ3n) is 5.13. The second kappa shape index (κ2) is 8.35. The molecule has 1 N–H and O–H groups in total. The van der Waals surface area contributed by atoms with Gasteiger partial charge < -0.3 is 14.8 Å². The van der Waals surface area contributed by atoms with E-state index in [-0.39, 0.29) is 12.5 Å². The average molecular weight is 451 g/mol. The molecule has 0 atom stereocenters. The Morgan fingerprint density at radius 2 is 1.97 bits per heavy atom. The number of halogens is 1.